The second-order valence-electron chi connectivity index (χ2n) is 5.31. The van der Waals surface area contributed by atoms with Crippen molar-refractivity contribution in [3.63, 3.8) is 0 Å². The minimum absolute atomic E-state index is 0.286. The molecule has 0 aromatic carbocycles. The molecule has 1 fully saturated rings. The average Bonchev–Trinajstić information content (AvgIpc) is 2.76. The molecule has 1 aromatic heterocycles. The van der Waals surface area contributed by atoms with Gasteiger partial charge in [0.1, 0.15) is 5.82 Å². The summed E-state index contributed by atoms with van der Waals surface area (Å²) in [6.07, 6.45) is 7.68. The van der Waals surface area contributed by atoms with E-state index < -0.39 is 15.1 Å². The van der Waals surface area contributed by atoms with Crippen molar-refractivity contribution in [1.82, 2.24) is 9.55 Å². The predicted molar refractivity (Wildman–Crippen MR) is 75.6 cm³/mol. The average molecular weight is 285 g/mol. The van der Waals surface area contributed by atoms with Crippen molar-refractivity contribution in [1.29, 1.82) is 0 Å². The van der Waals surface area contributed by atoms with Crippen LogP contribution >= 0.6 is 0 Å². The van der Waals surface area contributed by atoms with E-state index in [0.717, 1.165) is 31.6 Å². The number of rotatable bonds is 5. The third-order valence-corrected chi connectivity index (χ3v) is 6.16. The maximum atomic E-state index is 12.1. The van der Waals surface area contributed by atoms with Crippen LogP contribution in [0.2, 0.25) is 0 Å². The van der Waals surface area contributed by atoms with Crippen molar-refractivity contribution < 1.29 is 8.42 Å². The van der Waals surface area contributed by atoms with E-state index in [4.69, 9.17) is 5.73 Å². The van der Waals surface area contributed by atoms with Gasteiger partial charge in [0.15, 0.2) is 9.84 Å². The van der Waals surface area contributed by atoms with Gasteiger partial charge in [-0.15, -0.1) is 0 Å². The molecule has 0 amide bonds. The first kappa shape index (κ1) is 14.5. The predicted octanol–water partition coefficient (Wildman–Crippen LogP) is 1.13. The van der Waals surface area contributed by atoms with Crippen molar-refractivity contribution in [2.45, 2.75) is 56.9 Å². The highest BCUT2D eigenvalue weighted by atomic mass is 32.2. The van der Waals surface area contributed by atoms with Crippen LogP contribution in [0.4, 0.5) is 0 Å². The van der Waals surface area contributed by atoms with E-state index >= 15 is 0 Å². The summed E-state index contributed by atoms with van der Waals surface area (Å²) in [6, 6.07) is -0.344. The van der Waals surface area contributed by atoms with E-state index in [1.165, 1.54) is 0 Å². The number of imidazole rings is 1. The molecule has 2 atom stereocenters. The van der Waals surface area contributed by atoms with Crippen molar-refractivity contribution in [2.24, 2.45) is 5.73 Å². The maximum absolute atomic E-state index is 12.1. The molecular formula is C13H23N3O2S. The highest BCUT2D eigenvalue weighted by Gasteiger charge is 2.34. The molecule has 0 aliphatic carbocycles. The number of aromatic nitrogens is 2. The number of hydrogen-bond acceptors (Lipinski definition) is 4. The van der Waals surface area contributed by atoms with Crippen LogP contribution in [-0.4, -0.2) is 35.0 Å². The monoisotopic (exact) mass is 285 g/mol. The zero-order valence-electron chi connectivity index (χ0n) is 11.5. The molecule has 0 bridgehead atoms. The molecule has 108 valence electrons. The highest BCUT2D eigenvalue weighted by Crippen LogP contribution is 2.23. The Morgan fingerprint density at radius 3 is 3.00 bits per heavy atom. The zero-order valence-corrected chi connectivity index (χ0v) is 12.3. The quantitative estimate of drug-likeness (QED) is 0.879. The van der Waals surface area contributed by atoms with Crippen LogP contribution in [0.3, 0.4) is 0 Å². The van der Waals surface area contributed by atoms with E-state index in [0.29, 0.717) is 12.8 Å². The summed E-state index contributed by atoms with van der Waals surface area (Å²) in [5.41, 5.74) is 6.15. The summed E-state index contributed by atoms with van der Waals surface area (Å²) in [4.78, 5) is 4.31. The fourth-order valence-corrected chi connectivity index (χ4v) is 4.84. The lowest BCUT2D eigenvalue weighted by Crippen LogP contribution is -2.45. The van der Waals surface area contributed by atoms with Gasteiger partial charge < -0.3 is 10.3 Å². The third-order valence-electron chi connectivity index (χ3n) is 3.79. The molecule has 2 unspecified atom stereocenters. The number of sulfone groups is 1. The fraction of sp³-hybridized carbons (Fsp3) is 0.769. The van der Waals surface area contributed by atoms with Gasteiger partial charge in [0, 0.05) is 31.4 Å². The summed E-state index contributed by atoms with van der Waals surface area (Å²) >= 11 is 0. The normalized spacial score (nSPS) is 24.2. The molecule has 6 heteroatoms. The number of nitrogens with zero attached hydrogens (tertiary/aromatic N) is 2. The molecule has 0 spiro atoms. The summed E-state index contributed by atoms with van der Waals surface area (Å²) in [5.74, 6) is 1.18. The number of nitrogens with two attached hydrogens (primary N) is 1. The summed E-state index contributed by atoms with van der Waals surface area (Å²) in [6.45, 7) is 3.01. The number of aryl methyl sites for hydroxylation is 1. The van der Waals surface area contributed by atoms with Gasteiger partial charge in [-0.25, -0.2) is 13.4 Å². The molecule has 2 heterocycles. The largest absolute Gasteiger partial charge is 0.335 e. The van der Waals surface area contributed by atoms with Crippen LogP contribution in [0.5, 0.6) is 0 Å². The fourth-order valence-electron chi connectivity index (χ4n) is 2.78. The third kappa shape index (κ3) is 3.36. The van der Waals surface area contributed by atoms with Crippen LogP contribution in [0.25, 0.3) is 0 Å². The van der Waals surface area contributed by atoms with Gasteiger partial charge in [0.2, 0.25) is 0 Å². The SMILES string of the molecule is CCCn1ccnc1CC(N)C1CCCCS1(=O)=O. The zero-order chi connectivity index (χ0) is 13.9. The van der Waals surface area contributed by atoms with Crippen molar-refractivity contribution in [3.8, 4) is 0 Å². The smallest absolute Gasteiger partial charge is 0.154 e. The summed E-state index contributed by atoms with van der Waals surface area (Å²) in [7, 11) is -3.01. The lowest BCUT2D eigenvalue weighted by molar-refractivity contribution is 0.484. The Kier molecular flexibility index (Phi) is 4.62. The molecular weight excluding hydrogens is 262 g/mol. The minimum atomic E-state index is -3.01. The molecule has 19 heavy (non-hydrogen) atoms. The first-order chi connectivity index (χ1) is 9.04. The van der Waals surface area contributed by atoms with E-state index in [1.54, 1.807) is 6.20 Å². The second-order valence-corrected chi connectivity index (χ2v) is 7.65. The summed E-state index contributed by atoms with van der Waals surface area (Å²) in [5, 5.41) is -0.395. The van der Waals surface area contributed by atoms with E-state index in [-0.39, 0.29) is 11.8 Å². The van der Waals surface area contributed by atoms with Gasteiger partial charge in [-0.1, -0.05) is 13.3 Å². The first-order valence-corrected chi connectivity index (χ1v) is 8.73. The van der Waals surface area contributed by atoms with Crippen molar-refractivity contribution in [3.05, 3.63) is 18.2 Å². The Morgan fingerprint density at radius 1 is 1.53 bits per heavy atom. The topological polar surface area (TPSA) is 78.0 Å². The van der Waals surface area contributed by atoms with Crippen molar-refractivity contribution >= 4 is 9.84 Å². The lowest BCUT2D eigenvalue weighted by Gasteiger charge is -2.27. The Balaban J connectivity index is 2.07. The molecule has 2 N–H and O–H groups in total. The van der Waals surface area contributed by atoms with Crippen LogP contribution < -0.4 is 5.73 Å². The molecule has 1 aromatic rings. The summed E-state index contributed by atoms with van der Waals surface area (Å²) < 4.78 is 26.2. The Labute approximate surface area is 115 Å². The van der Waals surface area contributed by atoms with Crippen LogP contribution in [0, 0.1) is 0 Å². The van der Waals surface area contributed by atoms with Crippen LogP contribution in [0.15, 0.2) is 12.4 Å². The Morgan fingerprint density at radius 2 is 2.32 bits per heavy atom. The molecule has 1 saturated heterocycles. The molecule has 5 nitrogen and oxygen atoms in total. The maximum Gasteiger partial charge on any atom is 0.154 e. The second kappa shape index (κ2) is 6.05. The molecule has 0 radical (unpaired) electrons. The highest BCUT2D eigenvalue weighted by molar-refractivity contribution is 7.92. The lowest BCUT2D eigenvalue weighted by atomic mass is 10.0. The van der Waals surface area contributed by atoms with E-state index in [9.17, 15) is 8.42 Å². The van der Waals surface area contributed by atoms with Gasteiger partial charge >= 0.3 is 0 Å². The Hall–Kier alpha value is -0.880. The van der Waals surface area contributed by atoms with Crippen molar-refractivity contribution in [2.75, 3.05) is 5.75 Å². The van der Waals surface area contributed by atoms with Gasteiger partial charge in [0.05, 0.1) is 11.0 Å². The van der Waals surface area contributed by atoms with Gasteiger partial charge in [-0.2, -0.15) is 0 Å². The van der Waals surface area contributed by atoms with E-state index in [1.807, 2.05) is 6.20 Å². The standard InChI is InChI=1S/C13H23N3O2S/c1-2-7-16-8-6-15-13(16)10-11(14)12-5-3-4-9-19(12,17)18/h6,8,11-12H,2-5,7,9-10,14H2,1H3. The number of hydrogen-bond donors (Lipinski definition) is 1. The minimum Gasteiger partial charge on any atom is -0.335 e. The first-order valence-electron chi connectivity index (χ1n) is 7.01. The molecule has 1 aliphatic rings. The van der Waals surface area contributed by atoms with Gasteiger partial charge in [-0.05, 0) is 19.3 Å². The van der Waals surface area contributed by atoms with E-state index in [2.05, 4.69) is 16.5 Å². The van der Waals surface area contributed by atoms with Crippen LogP contribution in [0.1, 0.15) is 38.4 Å². The van der Waals surface area contributed by atoms with Crippen LogP contribution in [-0.2, 0) is 22.8 Å². The van der Waals surface area contributed by atoms with Gasteiger partial charge in [-0.3, -0.25) is 0 Å². The Bertz CT molecular complexity index is 510. The molecule has 2 rings (SSSR count). The molecule has 1 aliphatic heterocycles. The van der Waals surface area contributed by atoms with Gasteiger partial charge in [0.25, 0.3) is 0 Å². The molecule has 0 saturated carbocycles.